The Hall–Kier alpha value is -2.09. The number of rotatable bonds is 1. The number of aryl methyl sites for hydroxylation is 1. The average Bonchev–Trinajstić information content (AvgIpc) is 2.62. The van der Waals surface area contributed by atoms with Crippen LogP contribution >= 0.6 is 11.8 Å². The van der Waals surface area contributed by atoms with E-state index in [0.29, 0.717) is 10.5 Å². The number of aromatic nitrogens is 2. The first-order chi connectivity index (χ1) is 8.40. The average molecular weight is 265 g/mol. The summed E-state index contributed by atoms with van der Waals surface area (Å²) in [7, 11) is 2.97. The van der Waals surface area contributed by atoms with Gasteiger partial charge in [0.25, 0.3) is 5.56 Å². The van der Waals surface area contributed by atoms with Gasteiger partial charge in [0.05, 0.1) is 10.5 Å². The van der Waals surface area contributed by atoms with Crippen molar-refractivity contribution in [2.45, 2.75) is 0 Å². The number of aliphatic imine (C=N–C) groups is 1. The van der Waals surface area contributed by atoms with E-state index in [1.807, 2.05) is 0 Å². The van der Waals surface area contributed by atoms with Crippen molar-refractivity contribution >= 4 is 28.8 Å². The lowest BCUT2D eigenvalue weighted by atomic mass is 10.3. The highest BCUT2D eigenvalue weighted by Crippen LogP contribution is 2.25. The Morgan fingerprint density at radius 2 is 2.11 bits per heavy atom. The fourth-order valence-corrected chi connectivity index (χ4v) is 2.21. The number of hydrogen-bond donors (Lipinski definition) is 2. The van der Waals surface area contributed by atoms with E-state index in [1.54, 1.807) is 7.05 Å². The lowest BCUT2D eigenvalue weighted by Gasteiger charge is -2.04. The van der Waals surface area contributed by atoms with E-state index in [0.717, 1.165) is 16.3 Å². The maximum atomic E-state index is 11.9. The van der Waals surface area contributed by atoms with Crippen LogP contribution in [0.3, 0.4) is 0 Å². The van der Waals surface area contributed by atoms with Crippen LogP contribution in [0.1, 0.15) is 5.56 Å². The van der Waals surface area contributed by atoms with Crippen molar-refractivity contribution in [3.8, 4) is 0 Å². The van der Waals surface area contributed by atoms with Crippen molar-refractivity contribution in [2.24, 2.45) is 24.8 Å². The molecule has 0 spiro atoms. The molecule has 1 aromatic rings. The largest absolute Gasteiger partial charge is 0.383 e. The quantitative estimate of drug-likeness (QED) is 0.711. The smallest absolute Gasteiger partial charge is 0.330 e. The minimum Gasteiger partial charge on any atom is -0.383 e. The summed E-state index contributed by atoms with van der Waals surface area (Å²) in [5.41, 5.74) is 5.15. The number of amidine groups is 2. The number of nitrogens with two attached hydrogens (primary N) is 1. The molecule has 0 unspecified atom stereocenters. The lowest BCUT2D eigenvalue weighted by molar-refractivity contribution is 0.683. The molecule has 0 aromatic carbocycles. The normalized spacial score (nSPS) is 17.3. The maximum absolute atomic E-state index is 11.9. The molecule has 3 N–H and O–H groups in total. The predicted molar refractivity (Wildman–Crippen MR) is 71.8 cm³/mol. The highest BCUT2D eigenvalue weighted by Gasteiger charge is 2.17. The minimum absolute atomic E-state index is 0.0837. The number of thioether (sulfide) groups is 1. The van der Waals surface area contributed by atoms with Crippen molar-refractivity contribution in [3.63, 3.8) is 0 Å². The van der Waals surface area contributed by atoms with Crippen molar-refractivity contribution in [1.82, 2.24) is 9.13 Å². The molecule has 0 aliphatic carbocycles. The van der Waals surface area contributed by atoms with E-state index in [9.17, 15) is 9.59 Å². The molecule has 7 nitrogen and oxygen atoms in total. The zero-order chi connectivity index (χ0) is 13.4. The van der Waals surface area contributed by atoms with E-state index >= 15 is 0 Å². The number of nitrogens with one attached hydrogen (secondary N) is 1. The molecule has 2 heterocycles. The molecule has 0 fully saturated rings. The first-order valence-electron chi connectivity index (χ1n) is 4.99. The van der Waals surface area contributed by atoms with Gasteiger partial charge in [-0.2, -0.15) is 0 Å². The third-order valence-electron chi connectivity index (χ3n) is 2.44. The van der Waals surface area contributed by atoms with E-state index in [1.165, 1.54) is 23.9 Å². The summed E-state index contributed by atoms with van der Waals surface area (Å²) in [6, 6.07) is 0. The SMILES string of the molecule is Cn1cc(/C=C2\SC(=N)N=C2N)c(=O)n(C)c1=O. The van der Waals surface area contributed by atoms with Gasteiger partial charge in [-0.25, -0.2) is 9.79 Å². The molecule has 18 heavy (non-hydrogen) atoms. The third kappa shape index (κ3) is 2.02. The Kier molecular flexibility index (Phi) is 2.95. The second-order valence-electron chi connectivity index (χ2n) is 3.75. The van der Waals surface area contributed by atoms with Crippen LogP contribution in [0.25, 0.3) is 6.08 Å². The van der Waals surface area contributed by atoms with Crippen LogP contribution in [0, 0.1) is 5.41 Å². The molecule has 0 saturated heterocycles. The molecule has 0 saturated carbocycles. The Bertz CT molecular complexity index is 710. The molecule has 1 aliphatic heterocycles. The molecular weight excluding hydrogens is 254 g/mol. The Balaban J connectivity index is 2.59. The highest BCUT2D eigenvalue weighted by molar-refractivity contribution is 8.18. The van der Waals surface area contributed by atoms with Crippen molar-refractivity contribution in [1.29, 1.82) is 5.41 Å². The van der Waals surface area contributed by atoms with Crippen LogP contribution in [-0.2, 0) is 14.1 Å². The second-order valence-corrected chi connectivity index (χ2v) is 4.79. The summed E-state index contributed by atoms with van der Waals surface area (Å²) >= 11 is 1.07. The zero-order valence-corrected chi connectivity index (χ0v) is 10.6. The van der Waals surface area contributed by atoms with Crippen molar-refractivity contribution in [2.75, 3.05) is 0 Å². The lowest BCUT2D eigenvalue weighted by Crippen LogP contribution is -2.37. The molecule has 1 aliphatic rings. The van der Waals surface area contributed by atoms with Gasteiger partial charge in [0.2, 0.25) is 0 Å². The standard InChI is InChI=1S/C10H11N5O2S/c1-14-4-5(8(16)15(2)10(14)17)3-6-7(11)13-9(12)18-6/h3-4H,1-2H3,(H3,11,12,13)/b6-3-. The fourth-order valence-electron chi connectivity index (χ4n) is 1.52. The van der Waals surface area contributed by atoms with Crippen LogP contribution in [0.4, 0.5) is 0 Å². The summed E-state index contributed by atoms with van der Waals surface area (Å²) in [6.07, 6.45) is 2.97. The van der Waals surface area contributed by atoms with Gasteiger partial charge >= 0.3 is 5.69 Å². The first kappa shape index (κ1) is 12.4. The molecule has 8 heteroatoms. The maximum Gasteiger partial charge on any atom is 0.330 e. The zero-order valence-electron chi connectivity index (χ0n) is 9.80. The highest BCUT2D eigenvalue weighted by atomic mass is 32.2. The van der Waals surface area contributed by atoms with Gasteiger partial charge in [0, 0.05) is 20.3 Å². The topological polar surface area (TPSA) is 106 Å². The van der Waals surface area contributed by atoms with Gasteiger partial charge < -0.3 is 10.3 Å². The molecule has 0 bridgehead atoms. The minimum atomic E-state index is -0.405. The van der Waals surface area contributed by atoms with Crippen LogP contribution in [0.2, 0.25) is 0 Å². The van der Waals surface area contributed by atoms with Gasteiger partial charge in [-0.3, -0.25) is 14.8 Å². The molecule has 1 aromatic heterocycles. The van der Waals surface area contributed by atoms with E-state index < -0.39 is 11.2 Å². The Morgan fingerprint density at radius 3 is 2.67 bits per heavy atom. The fraction of sp³-hybridized carbons (Fsp3) is 0.200. The van der Waals surface area contributed by atoms with E-state index in [2.05, 4.69) is 4.99 Å². The van der Waals surface area contributed by atoms with Gasteiger partial charge in [-0.15, -0.1) is 0 Å². The summed E-state index contributed by atoms with van der Waals surface area (Å²) in [4.78, 5) is 27.7. The molecular formula is C10H11N5O2S. The van der Waals surface area contributed by atoms with Crippen LogP contribution in [-0.4, -0.2) is 20.1 Å². The van der Waals surface area contributed by atoms with Crippen molar-refractivity contribution < 1.29 is 0 Å². The summed E-state index contributed by atoms with van der Waals surface area (Å²) < 4.78 is 2.33. The van der Waals surface area contributed by atoms with Gasteiger partial charge in [0.15, 0.2) is 5.17 Å². The number of nitrogens with zero attached hydrogens (tertiary/aromatic N) is 3. The second kappa shape index (κ2) is 4.30. The molecule has 0 amide bonds. The van der Waals surface area contributed by atoms with Gasteiger partial charge in [-0.1, -0.05) is 0 Å². The molecule has 2 rings (SSSR count). The number of hydrogen-bond acceptors (Lipinski definition) is 5. The van der Waals surface area contributed by atoms with Gasteiger partial charge in [0.1, 0.15) is 5.84 Å². The summed E-state index contributed by atoms with van der Waals surface area (Å²) in [5.74, 6) is 0.209. The van der Waals surface area contributed by atoms with Crippen molar-refractivity contribution in [3.05, 3.63) is 37.5 Å². The van der Waals surface area contributed by atoms with Crippen LogP contribution in [0.15, 0.2) is 25.7 Å². The van der Waals surface area contributed by atoms with E-state index in [-0.39, 0.29) is 11.0 Å². The third-order valence-corrected chi connectivity index (χ3v) is 3.27. The first-order valence-corrected chi connectivity index (χ1v) is 5.81. The Morgan fingerprint density at radius 1 is 1.44 bits per heavy atom. The van der Waals surface area contributed by atoms with Crippen LogP contribution < -0.4 is 17.0 Å². The molecule has 0 atom stereocenters. The molecule has 94 valence electrons. The summed E-state index contributed by atoms with van der Waals surface area (Å²) in [5, 5.41) is 7.45. The Labute approximate surface area is 106 Å². The van der Waals surface area contributed by atoms with E-state index in [4.69, 9.17) is 11.1 Å². The monoisotopic (exact) mass is 265 g/mol. The van der Waals surface area contributed by atoms with Gasteiger partial charge in [-0.05, 0) is 17.8 Å². The summed E-state index contributed by atoms with van der Waals surface area (Å²) in [6.45, 7) is 0. The van der Waals surface area contributed by atoms with Crippen LogP contribution in [0.5, 0.6) is 0 Å². The molecule has 0 radical (unpaired) electrons. The predicted octanol–water partition coefficient (Wildman–Crippen LogP) is -0.536.